The molecule has 5 nitrogen and oxygen atoms in total. The molecule has 1 heterocycles. The van der Waals surface area contributed by atoms with Crippen molar-refractivity contribution < 1.29 is 18.0 Å². The number of nitrogens with zero attached hydrogens (tertiary/aromatic N) is 2. The average molecular weight is 344 g/mol. The van der Waals surface area contributed by atoms with Gasteiger partial charge < -0.3 is 20.4 Å². The predicted octanol–water partition coefficient (Wildman–Crippen LogP) is 2.11. The Kier molecular flexibility index (Phi) is 6.44. The second-order valence-corrected chi connectivity index (χ2v) is 6.29. The Morgan fingerprint density at radius 1 is 1.12 bits per heavy atom. The summed E-state index contributed by atoms with van der Waals surface area (Å²) in [5.41, 5.74) is -0.391. The number of benzene rings is 1. The van der Waals surface area contributed by atoms with Crippen LogP contribution in [0.4, 0.5) is 23.7 Å². The van der Waals surface area contributed by atoms with Crippen LogP contribution in [0.5, 0.6) is 0 Å². The lowest BCUT2D eigenvalue weighted by atomic mass is 10.1. The number of halogens is 3. The number of carbonyl (C=O) groups excluding carboxylic acids is 1. The van der Waals surface area contributed by atoms with Crippen LogP contribution in [0.1, 0.15) is 6.92 Å². The van der Waals surface area contributed by atoms with Crippen molar-refractivity contribution >= 4 is 11.7 Å². The Bertz CT molecular complexity index is 577. The van der Waals surface area contributed by atoms with E-state index in [-0.39, 0.29) is 5.92 Å². The van der Waals surface area contributed by atoms with Crippen molar-refractivity contribution in [1.82, 2.24) is 15.1 Å². The van der Waals surface area contributed by atoms with E-state index in [2.05, 4.69) is 27.5 Å². The lowest BCUT2D eigenvalue weighted by Crippen LogP contribution is -2.47. The minimum Gasteiger partial charge on any atom is -0.338 e. The fourth-order valence-corrected chi connectivity index (χ4v) is 2.59. The van der Waals surface area contributed by atoms with E-state index < -0.39 is 29.2 Å². The number of rotatable bonds is 5. The summed E-state index contributed by atoms with van der Waals surface area (Å²) in [5.74, 6) is -3.31. The first kappa shape index (κ1) is 18.5. The van der Waals surface area contributed by atoms with Crippen LogP contribution in [-0.4, -0.2) is 62.1 Å². The van der Waals surface area contributed by atoms with Crippen molar-refractivity contribution in [3.8, 4) is 0 Å². The molecule has 0 bridgehead atoms. The van der Waals surface area contributed by atoms with Gasteiger partial charge in [-0.15, -0.1) is 0 Å². The Labute approximate surface area is 139 Å². The van der Waals surface area contributed by atoms with Crippen molar-refractivity contribution in [2.45, 2.75) is 6.92 Å². The van der Waals surface area contributed by atoms with Crippen molar-refractivity contribution in [2.24, 2.45) is 5.92 Å². The van der Waals surface area contributed by atoms with Gasteiger partial charge in [-0.25, -0.2) is 18.0 Å². The molecule has 2 rings (SSSR count). The van der Waals surface area contributed by atoms with Gasteiger partial charge in [-0.1, -0.05) is 6.92 Å². The smallest absolute Gasteiger partial charge is 0.319 e. The molecular weight excluding hydrogens is 321 g/mol. The van der Waals surface area contributed by atoms with E-state index in [0.717, 1.165) is 32.7 Å². The maximum absolute atomic E-state index is 13.5. The summed E-state index contributed by atoms with van der Waals surface area (Å²) in [7, 11) is 2.09. The number of amides is 2. The predicted molar refractivity (Wildman–Crippen MR) is 86.4 cm³/mol. The number of hydrogen-bond acceptors (Lipinski definition) is 3. The first-order chi connectivity index (χ1) is 11.3. The van der Waals surface area contributed by atoms with Gasteiger partial charge >= 0.3 is 6.03 Å². The van der Waals surface area contributed by atoms with Crippen LogP contribution < -0.4 is 10.6 Å². The summed E-state index contributed by atoms with van der Waals surface area (Å²) in [4.78, 5) is 16.4. The molecule has 1 saturated heterocycles. The van der Waals surface area contributed by atoms with Crippen LogP contribution >= 0.6 is 0 Å². The highest BCUT2D eigenvalue weighted by Crippen LogP contribution is 2.18. The van der Waals surface area contributed by atoms with E-state index in [1.807, 2.05) is 6.92 Å². The van der Waals surface area contributed by atoms with Gasteiger partial charge in [0.1, 0.15) is 5.82 Å². The Morgan fingerprint density at radius 3 is 2.42 bits per heavy atom. The van der Waals surface area contributed by atoms with Crippen LogP contribution in [0.2, 0.25) is 0 Å². The highest BCUT2D eigenvalue weighted by molar-refractivity contribution is 5.89. The summed E-state index contributed by atoms with van der Waals surface area (Å²) in [6, 6.07) is 0.379. The van der Waals surface area contributed by atoms with Crippen LogP contribution in [0, 0.1) is 23.4 Å². The quantitative estimate of drug-likeness (QED) is 0.805. The number of nitrogens with one attached hydrogen (secondary N) is 2. The molecule has 0 aromatic heterocycles. The highest BCUT2D eigenvalue weighted by Gasteiger charge is 2.17. The molecule has 1 aromatic rings. The zero-order valence-electron chi connectivity index (χ0n) is 13.9. The maximum Gasteiger partial charge on any atom is 0.319 e. The van der Waals surface area contributed by atoms with E-state index in [1.165, 1.54) is 0 Å². The molecule has 0 radical (unpaired) electrons. The number of urea groups is 1. The molecule has 0 saturated carbocycles. The summed E-state index contributed by atoms with van der Waals surface area (Å²) in [5, 5.41) is 4.81. The van der Waals surface area contributed by atoms with Gasteiger partial charge in [0.05, 0.1) is 5.69 Å². The molecule has 1 unspecified atom stereocenters. The molecule has 8 heteroatoms. The molecule has 1 fully saturated rings. The standard InChI is InChI=1S/C16H23F3N4O/c1-11(10-23-5-3-22(2)4-6-23)9-20-16(24)21-15-8-13(18)12(17)7-14(15)19/h7-8,11H,3-6,9-10H2,1-2H3,(H2,20,21,24). The van der Waals surface area contributed by atoms with E-state index in [4.69, 9.17) is 0 Å². The second-order valence-electron chi connectivity index (χ2n) is 6.29. The van der Waals surface area contributed by atoms with E-state index in [0.29, 0.717) is 18.7 Å². The van der Waals surface area contributed by atoms with E-state index in [9.17, 15) is 18.0 Å². The van der Waals surface area contributed by atoms with Crippen LogP contribution in [0.25, 0.3) is 0 Å². The van der Waals surface area contributed by atoms with Gasteiger partial charge in [-0.05, 0) is 13.0 Å². The van der Waals surface area contributed by atoms with Gasteiger partial charge in [-0.2, -0.15) is 0 Å². The largest absolute Gasteiger partial charge is 0.338 e. The third-order valence-electron chi connectivity index (χ3n) is 4.04. The second kappa shape index (κ2) is 8.34. The molecule has 1 aliphatic rings. The Hall–Kier alpha value is -1.80. The van der Waals surface area contributed by atoms with Crippen molar-refractivity contribution in [3.05, 3.63) is 29.6 Å². The van der Waals surface area contributed by atoms with Crippen LogP contribution in [0.15, 0.2) is 12.1 Å². The van der Waals surface area contributed by atoms with E-state index >= 15 is 0 Å². The average Bonchev–Trinajstić information content (AvgIpc) is 2.53. The zero-order valence-corrected chi connectivity index (χ0v) is 13.9. The molecule has 1 aliphatic heterocycles. The van der Waals surface area contributed by atoms with Crippen LogP contribution in [-0.2, 0) is 0 Å². The van der Waals surface area contributed by atoms with Gasteiger partial charge in [0.15, 0.2) is 11.6 Å². The minimum absolute atomic E-state index is 0.217. The molecule has 24 heavy (non-hydrogen) atoms. The van der Waals surface area contributed by atoms with Crippen LogP contribution in [0.3, 0.4) is 0 Å². The van der Waals surface area contributed by atoms with Gasteiger partial charge in [0.2, 0.25) is 0 Å². The third-order valence-corrected chi connectivity index (χ3v) is 4.04. The normalized spacial score (nSPS) is 17.5. The molecule has 2 N–H and O–H groups in total. The molecular formula is C16H23F3N4O. The molecule has 2 amide bonds. The fraction of sp³-hybridized carbons (Fsp3) is 0.562. The SMILES string of the molecule is CC(CNC(=O)Nc1cc(F)c(F)cc1F)CN1CCN(C)CC1. The minimum atomic E-state index is -1.29. The number of piperazine rings is 1. The van der Waals surface area contributed by atoms with Crippen molar-refractivity contribution in [2.75, 3.05) is 51.6 Å². The first-order valence-electron chi connectivity index (χ1n) is 7.95. The maximum atomic E-state index is 13.5. The van der Waals surface area contributed by atoms with Gasteiger partial charge in [0, 0.05) is 51.4 Å². The molecule has 0 spiro atoms. The first-order valence-corrected chi connectivity index (χ1v) is 7.95. The van der Waals surface area contributed by atoms with Crippen molar-refractivity contribution in [1.29, 1.82) is 0 Å². The summed E-state index contributed by atoms with van der Waals surface area (Å²) in [6.07, 6.45) is 0. The molecule has 134 valence electrons. The zero-order chi connectivity index (χ0) is 17.7. The van der Waals surface area contributed by atoms with Crippen molar-refractivity contribution in [3.63, 3.8) is 0 Å². The Morgan fingerprint density at radius 2 is 1.75 bits per heavy atom. The summed E-state index contributed by atoms with van der Waals surface area (Å²) in [6.45, 7) is 7.31. The monoisotopic (exact) mass is 344 g/mol. The summed E-state index contributed by atoms with van der Waals surface area (Å²) < 4.78 is 39.4. The molecule has 0 aliphatic carbocycles. The molecule has 1 aromatic carbocycles. The highest BCUT2D eigenvalue weighted by atomic mass is 19.2. The molecule has 1 atom stereocenters. The lowest BCUT2D eigenvalue weighted by molar-refractivity contribution is 0.138. The third kappa shape index (κ3) is 5.38. The summed E-state index contributed by atoms with van der Waals surface area (Å²) >= 11 is 0. The fourth-order valence-electron chi connectivity index (χ4n) is 2.59. The number of hydrogen-bond donors (Lipinski definition) is 2. The van der Waals surface area contributed by atoms with Gasteiger partial charge in [0.25, 0.3) is 0 Å². The number of likely N-dealkylation sites (N-methyl/N-ethyl adjacent to an activating group) is 1. The number of anilines is 1. The Balaban J connectivity index is 1.75. The van der Waals surface area contributed by atoms with E-state index in [1.54, 1.807) is 0 Å². The lowest BCUT2D eigenvalue weighted by Gasteiger charge is -2.33. The van der Waals surface area contributed by atoms with Gasteiger partial charge in [-0.3, -0.25) is 0 Å². The number of carbonyl (C=O) groups is 1. The topological polar surface area (TPSA) is 47.6 Å².